The minimum absolute atomic E-state index is 0.121. The molecule has 0 radical (unpaired) electrons. The van der Waals surface area contributed by atoms with Crippen LogP contribution >= 0.6 is 0 Å². The summed E-state index contributed by atoms with van der Waals surface area (Å²) < 4.78 is 4.74. The van der Waals surface area contributed by atoms with Gasteiger partial charge in [0.25, 0.3) is 5.91 Å². The number of hydrogen-bond acceptors (Lipinski definition) is 3. The third kappa shape index (κ3) is 6.08. The fraction of sp³-hybridized carbons (Fsp3) is 0.200. The Morgan fingerprint density at radius 3 is 2.68 bits per heavy atom. The van der Waals surface area contributed by atoms with Crippen molar-refractivity contribution in [1.82, 2.24) is 5.32 Å². The van der Waals surface area contributed by atoms with Gasteiger partial charge in [-0.05, 0) is 18.6 Å². The first-order chi connectivity index (χ1) is 9.11. The topological polar surface area (TPSA) is 55.4 Å². The number of carbonyl (C=O) groups is 2. The van der Waals surface area contributed by atoms with Crippen molar-refractivity contribution >= 4 is 18.0 Å². The summed E-state index contributed by atoms with van der Waals surface area (Å²) in [5.74, 6) is 1.26. The molecular weight excluding hydrogens is 242 g/mol. The standard InChI is InChI=1S/C15H15NO3/c1-3-10-16-14(17)11-19-15(18)9-8-13-6-4-12(2)5-7-13/h1,4-9H,10-11H2,2H3,(H,16,17)/b9-8+. The first-order valence-corrected chi connectivity index (χ1v) is 5.73. The van der Waals surface area contributed by atoms with Crippen molar-refractivity contribution in [3.63, 3.8) is 0 Å². The van der Waals surface area contributed by atoms with Crippen molar-refractivity contribution in [2.45, 2.75) is 6.92 Å². The van der Waals surface area contributed by atoms with E-state index in [2.05, 4.69) is 11.2 Å². The molecule has 1 aromatic rings. The van der Waals surface area contributed by atoms with E-state index in [4.69, 9.17) is 11.2 Å². The van der Waals surface area contributed by atoms with E-state index in [1.165, 1.54) is 6.08 Å². The van der Waals surface area contributed by atoms with E-state index in [0.29, 0.717) is 0 Å². The van der Waals surface area contributed by atoms with E-state index in [0.717, 1.165) is 11.1 Å². The van der Waals surface area contributed by atoms with Gasteiger partial charge in [-0.2, -0.15) is 0 Å². The first-order valence-electron chi connectivity index (χ1n) is 5.73. The first kappa shape index (κ1) is 14.5. The van der Waals surface area contributed by atoms with Gasteiger partial charge < -0.3 is 10.1 Å². The van der Waals surface area contributed by atoms with E-state index in [-0.39, 0.29) is 13.2 Å². The van der Waals surface area contributed by atoms with Crippen molar-refractivity contribution < 1.29 is 14.3 Å². The highest BCUT2D eigenvalue weighted by Crippen LogP contribution is 2.04. The molecule has 0 spiro atoms. The predicted octanol–water partition coefficient (Wildman–Crippen LogP) is 1.30. The molecule has 0 aromatic heterocycles. The molecule has 1 N–H and O–H groups in total. The van der Waals surface area contributed by atoms with Gasteiger partial charge in [0, 0.05) is 6.08 Å². The number of aryl methyl sites for hydroxylation is 1. The highest BCUT2D eigenvalue weighted by Gasteiger charge is 2.03. The summed E-state index contributed by atoms with van der Waals surface area (Å²) in [6.45, 7) is 1.77. The van der Waals surface area contributed by atoms with Crippen LogP contribution in [0.4, 0.5) is 0 Å². The van der Waals surface area contributed by atoms with Crippen molar-refractivity contribution in [2.24, 2.45) is 0 Å². The second-order valence-corrected chi connectivity index (χ2v) is 3.83. The van der Waals surface area contributed by atoms with Gasteiger partial charge >= 0.3 is 5.97 Å². The summed E-state index contributed by atoms with van der Waals surface area (Å²) in [5.41, 5.74) is 2.03. The number of terminal acetylenes is 1. The molecule has 4 heteroatoms. The summed E-state index contributed by atoms with van der Waals surface area (Å²) >= 11 is 0. The minimum atomic E-state index is -0.573. The fourth-order valence-electron chi connectivity index (χ4n) is 1.23. The van der Waals surface area contributed by atoms with Crippen LogP contribution in [0.1, 0.15) is 11.1 Å². The van der Waals surface area contributed by atoms with Crippen molar-refractivity contribution in [2.75, 3.05) is 13.2 Å². The Morgan fingerprint density at radius 2 is 2.05 bits per heavy atom. The average molecular weight is 257 g/mol. The number of hydrogen-bond donors (Lipinski definition) is 1. The van der Waals surface area contributed by atoms with E-state index in [1.54, 1.807) is 6.08 Å². The van der Waals surface area contributed by atoms with Crippen LogP contribution in [-0.2, 0) is 14.3 Å². The van der Waals surface area contributed by atoms with E-state index in [1.807, 2.05) is 31.2 Å². The lowest BCUT2D eigenvalue weighted by atomic mass is 10.1. The second-order valence-electron chi connectivity index (χ2n) is 3.83. The summed E-state index contributed by atoms with van der Waals surface area (Å²) in [6.07, 6.45) is 7.87. The van der Waals surface area contributed by atoms with Crippen molar-refractivity contribution in [1.29, 1.82) is 0 Å². The molecule has 0 aliphatic heterocycles. The molecule has 1 amide bonds. The maximum absolute atomic E-state index is 11.3. The van der Waals surface area contributed by atoms with Crippen LogP contribution in [0.5, 0.6) is 0 Å². The Hall–Kier alpha value is -2.54. The number of ether oxygens (including phenoxy) is 1. The fourth-order valence-corrected chi connectivity index (χ4v) is 1.23. The molecule has 0 fully saturated rings. The molecule has 0 atom stereocenters. The van der Waals surface area contributed by atoms with Crippen LogP contribution in [0.25, 0.3) is 6.08 Å². The molecular formula is C15H15NO3. The zero-order valence-electron chi connectivity index (χ0n) is 10.7. The van der Waals surface area contributed by atoms with E-state index >= 15 is 0 Å². The highest BCUT2D eigenvalue weighted by atomic mass is 16.5. The minimum Gasteiger partial charge on any atom is -0.452 e. The van der Waals surface area contributed by atoms with Gasteiger partial charge in [0.2, 0.25) is 0 Å². The Morgan fingerprint density at radius 1 is 1.37 bits per heavy atom. The third-order valence-corrected chi connectivity index (χ3v) is 2.22. The van der Waals surface area contributed by atoms with Gasteiger partial charge in [0.1, 0.15) is 0 Å². The van der Waals surface area contributed by atoms with Crippen LogP contribution in [-0.4, -0.2) is 25.0 Å². The van der Waals surface area contributed by atoms with Crippen LogP contribution in [0.2, 0.25) is 0 Å². The molecule has 1 rings (SSSR count). The zero-order valence-corrected chi connectivity index (χ0v) is 10.7. The number of carbonyl (C=O) groups excluding carboxylic acids is 2. The molecule has 4 nitrogen and oxygen atoms in total. The largest absolute Gasteiger partial charge is 0.452 e. The average Bonchev–Trinajstić information content (AvgIpc) is 2.42. The van der Waals surface area contributed by atoms with E-state index < -0.39 is 11.9 Å². The van der Waals surface area contributed by atoms with Crippen LogP contribution in [0.3, 0.4) is 0 Å². The monoisotopic (exact) mass is 257 g/mol. The third-order valence-electron chi connectivity index (χ3n) is 2.22. The molecule has 19 heavy (non-hydrogen) atoms. The molecule has 0 aliphatic rings. The quantitative estimate of drug-likeness (QED) is 0.491. The maximum Gasteiger partial charge on any atom is 0.331 e. The zero-order chi connectivity index (χ0) is 14.1. The Labute approximate surface area is 112 Å². The van der Waals surface area contributed by atoms with Gasteiger partial charge in [-0.15, -0.1) is 6.42 Å². The predicted molar refractivity (Wildman–Crippen MR) is 73.0 cm³/mol. The summed E-state index contributed by atoms with van der Waals surface area (Å²) in [7, 11) is 0. The lowest BCUT2D eigenvalue weighted by Gasteiger charge is -2.01. The second kappa shape index (κ2) is 7.72. The highest BCUT2D eigenvalue weighted by molar-refractivity contribution is 5.89. The molecule has 1 aromatic carbocycles. The van der Waals surface area contributed by atoms with Gasteiger partial charge in [-0.3, -0.25) is 4.79 Å². The van der Waals surface area contributed by atoms with Crippen molar-refractivity contribution in [3.8, 4) is 12.3 Å². The van der Waals surface area contributed by atoms with Gasteiger partial charge in [-0.1, -0.05) is 35.7 Å². The lowest BCUT2D eigenvalue weighted by molar-refractivity contribution is -0.143. The SMILES string of the molecule is C#CCNC(=O)COC(=O)/C=C/c1ccc(C)cc1. The number of rotatable bonds is 5. The molecule has 0 heterocycles. The molecule has 0 bridgehead atoms. The van der Waals surface area contributed by atoms with Crippen LogP contribution in [0, 0.1) is 19.3 Å². The molecule has 0 unspecified atom stereocenters. The van der Waals surface area contributed by atoms with Crippen LogP contribution in [0.15, 0.2) is 30.3 Å². The molecule has 0 saturated heterocycles. The van der Waals surface area contributed by atoms with Gasteiger partial charge in [0.05, 0.1) is 6.54 Å². The van der Waals surface area contributed by atoms with Crippen LogP contribution < -0.4 is 5.32 Å². The molecule has 0 saturated carbocycles. The Bertz CT molecular complexity index is 509. The van der Waals surface area contributed by atoms with Crippen molar-refractivity contribution in [3.05, 3.63) is 41.5 Å². The Balaban J connectivity index is 2.37. The maximum atomic E-state index is 11.3. The van der Waals surface area contributed by atoms with Gasteiger partial charge in [0.15, 0.2) is 6.61 Å². The van der Waals surface area contributed by atoms with E-state index in [9.17, 15) is 9.59 Å². The lowest BCUT2D eigenvalue weighted by Crippen LogP contribution is -2.28. The summed E-state index contributed by atoms with van der Waals surface area (Å²) in [5, 5.41) is 2.39. The summed E-state index contributed by atoms with van der Waals surface area (Å²) in [4.78, 5) is 22.4. The Kier molecular flexibility index (Phi) is 5.90. The van der Waals surface area contributed by atoms with Gasteiger partial charge in [-0.25, -0.2) is 4.79 Å². The number of benzene rings is 1. The molecule has 0 aliphatic carbocycles. The number of esters is 1. The number of nitrogens with one attached hydrogen (secondary N) is 1. The molecule has 98 valence electrons. The normalized spacial score (nSPS) is 9.89. The number of amides is 1. The smallest absolute Gasteiger partial charge is 0.331 e. The summed E-state index contributed by atoms with van der Waals surface area (Å²) in [6, 6.07) is 7.66.